The van der Waals surface area contributed by atoms with Gasteiger partial charge >= 0.3 is 25.0 Å². The minimum atomic E-state index is -0.284. The van der Waals surface area contributed by atoms with Gasteiger partial charge in [-0.15, -0.1) is 0 Å². The minimum Gasteiger partial charge on any atom is -1.00 e. The topological polar surface area (TPSA) is 38.3 Å². The predicted molar refractivity (Wildman–Crippen MR) is 34.2 cm³/mol. The van der Waals surface area contributed by atoms with Crippen molar-refractivity contribution in [1.29, 1.82) is 0 Å². The van der Waals surface area contributed by atoms with E-state index >= 15 is 0 Å². The van der Waals surface area contributed by atoms with Gasteiger partial charge in [-0.05, 0) is 5.92 Å². The van der Waals surface area contributed by atoms with Crippen LogP contribution in [-0.4, -0.2) is 18.7 Å². The number of carbonyl (C=O) groups excluding carboxylic acids is 1. The molecule has 3 nitrogen and oxygen atoms in total. The first kappa shape index (κ1) is 9.87. The van der Waals surface area contributed by atoms with Gasteiger partial charge in [0.05, 0.1) is 6.04 Å². The summed E-state index contributed by atoms with van der Waals surface area (Å²) < 4.78 is 4.68. The largest absolute Gasteiger partial charge is 1.00 e. The second kappa shape index (κ2) is 3.90. The van der Waals surface area contributed by atoms with Gasteiger partial charge in [-0.1, -0.05) is 13.8 Å². The fourth-order valence-electron chi connectivity index (χ4n) is 0.759. The molecule has 1 aliphatic rings. The molecule has 0 radical (unpaired) electrons. The summed E-state index contributed by atoms with van der Waals surface area (Å²) in [7, 11) is 0. The second-order valence-corrected chi connectivity index (χ2v) is 2.59. The van der Waals surface area contributed by atoms with E-state index < -0.39 is 0 Å². The third-order valence-electron chi connectivity index (χ3n) is 1.50. The van der Waals surface area contributed by atoms with Crippen molar-refractivity contribution in [3.8, 4) is 0 Å². The monoisotopic (exact) mass is 137 g/mol. The molecular formula is C6H12LiNO2. The minimum absolute atomic E-state index is 0. The SMILES string of the molecule is CC(C)[C@@H]1COC(=O)N1.[H-].[Li+]. The molecular weight excluding hydrogens is 125 g/mol. The normalized spacial score (nSPS) is 23.5. The molecule has 54 valence electrons. The second-order valence-electron chi connectivity index (χ2n) is 2.59. The van der Waals surface area contributed by atoms with Crippen LogP contribution in [0, 0.1) is 5.92 Å². The van der Waals surface area contributed by atoms with E-state index in [4.69, 9.17) is 0 Å². The van der Waals surface area contributed by atoms with E-state index in [1.165, 1.54) is 0 Å². The number of alkyl carbamates (subject to hydrolysis) is 1. The molecule has 0 bridgehead atoms. The van der Waals surface area contributed by atoms with Crippen LogP contribution in [0.15, 0.2) is 0 Å². The zero-order chi connectivity index (χ0) is 6.85. The zero-order valence-electron chi connectivity index (χ0n) is 7.68. The van der Waals surface area contributed by atoms with Crippen molar-refractivity contribution >= 4 is 6.09 Å². The molecule has 1 aliphatic heterocycles. The maximum absolute atomic E-state index is 10.4. The first-order valence-corrected chi connectivity index (χ1v) is 3.13. The fraction of sp³-hybridized carbons (Fsp3) is 0.833. The first-order valence-electron chi connectivity index (χ1n) is 3.13. The van der Waals surface area contributed by atoms with Crippen molar-refractivity contribution in [2.75, 3.05) is 6.61 Å². The van der Waals surface area contributed by atoms with Gasteiger partial charge in [-0.3, -0.25) is 0 Å². The van der Waals surface area contributed by atoms with Crippen LogP contribution in [0.2, 0.25) is 0 Å². The molecule has 0 unspecified atom stereocenters. The van der Waals surface area contributed by atoms with Crippen molar-refractivity contribution in [3.63, 3.8) is 0 Å². The maximum atomic E-state index is 10.4. The Bertz CT molecular complexity index is 132. The summed E-state index contributed by atoms with van der Waals surface area (Å²) in [6, 6.07) is 0.220. The molecule has 1 amide bonds. The molecule has 0 aliphatic carbocycles. The van der Waals surface area contributed by atoms with Crippen LogP contribution in [0.4, 0.5) is 4.79 Å². The summed E-state index contributed by atoms with van der Waals surface area (Å²) in [5.74, 6) is 0.469. The van der Waals surface area contributed by atoms with Crippen molar-refractivity contribution < 1.29 is 29.8 Å². The molecule has 0 aromatic carbocycles. The zero-order valence-corrected chi connectivity index (χ0v) is 6.68. The fourth-order valence-corrected chi connectivity index (χ4v) is 0.759. The molecule has 0 spiro atoms. The molecule has 1 N–H and O–H groups in total. The summed E-state index contributed by atoms with van der Waals surface area (Å²) in [6.45, 7) is 4.63. The Morgan fingerprint density at radius 3 is 2.60 bits per heavy atom. The number of amides is 1. The average Bonchev–Trinajstić information content (AvgIpc) is 2.14. The first-order chi connectivity index (χ1) is 4.20. The van der Waals surface area contributed by atoms with Gasteiger partial charge in [0.1, 0.15) is 6.61 Å². The van der Waals surface area contributed by atoms with Crippen molar-refractivity contribution in [2.24, 2.45) is 5.92 Å². The Labute approximate surface area is 74.2 Å². The smallest absolute Gasteiger partial charge is 1.00 e. The van der Waals surface area contributed by atoms with Crippen LogP contribution >= 0.6 is 0 Å². The van der Waals surface area contributed by atoms with Crippen molar-refractivity contribution in [1.82, 2.24) is 5.32 Å². The molecule has 0 aromatic rings. The number of ether oxygens (including phenoxy) is 1. The third-order valence-corrected chi connectivity index (χ3v) is 1.50. The summed E-state index contributed by atoms with van der Waals surface area (Å²) in [6.07, 6.45) is -0.284. The van der Waals surface area contributed by atoms with E-state index in [0.717, 1.165) is 0 Å². The van der Waals surface area contributed by atoms with Gasteiger partial charge in [0.25, 0.3) is 0 Å². The quantitative estimate of drug-likeness (QED) is 0.419. The number of carbonyl (C=O) groups is 1. The molecule has 4 heteroatoms. The van der Waals surface area contributed by atoms with E-state index in [1.807, 2.05) is 0 Å². The number of nitrogens with one attached hydrogen (secondary N) is 1. The standard InChI is InChI=1S/C6H11NO2.Li.H/c1-4(2)5-3-9-6(8)7-5;;/h4-5H,3H2,1-2H3,(H,7,8);;/q;+1;-1/t5-;;/m0../s1. The van der Waals surface area contributed by atoms with E-state index in [-0.39, 0.29) is 32.4 Å². The van der Waals surface area contributed by atoms with Gasteiger partial charge in [0.2, 0.25) is 0 Å². The van der Waals surface area contributed by atoms with Gasteiger partial charge in [0.15, 0.2) is 0 Å². The predicted octanol–water partition coefficient (Wildman–Crippen LogP) is -2.13. The van der Waals surface area contributed by atoms with E-state index in [0.29, 0.717) is 12.5 Å². The number of hydrogen-bond acceptors (Lipinski definition) is 2. The Balaban J connectivity index is 0. The number of rotatable bonds is 1. The van der Waals surface area contributed by atoms with Crippen molar-refractivity contribution in [2.45, 2.75) is 19.9 Å². The van der Waals surface area contributed by atoms with Gasteiger partial charge < -0.3 is 11.5 Å². The molecule has 1 saturated heterocycles. The Morgan fingerprint density at radius 2 is 2.40 bits per heavy atom. The van der Waals surface area contributed by atoms with Crippen LogP contribution in [0.5, 0.6) is 0 Å². The van der Waals surface area contributed by atoms with Crippen LogP contribution in [0.3, 0.4) is 0 Å². The summed E-state index contributed by atoms with van der Waals surface area (Å²) in [5.41, 5.74) is 0. The number of cyclic esters (lactones) is 1. The van der Waals surface area contributed by atoms with E-state index in [9.17, 15) is 4.79 Å². The summed E-state index contributed by atoms with van der Waals surface area (Å²) in [4.78, 5) is 10.4. The molecule has 0 saturated carbocycles. The molecule has 1 heterocycles. The van der Waals surface area contributed by atoms with Crippen LogP contribution < -0.4 is 24.2 Å². The summed E-state index contributed by atoms with van der Waals surface area (Å²) in [5, 5.41) is 2.69. The maximum Gasteiger partial charge on any atom is 1.00 e. The van der Waals surface area contributed by atoms with Crippen LogP contribution in [0.25, 0.3) is 0 Å². The molecule has 1 fully saturated rings. The summed E-state index contributed by atoms with van der Waals surface area (Å²) >= 11 is 0. The van der Waals surface area contributed by atoms with Crippen LogP contribution in [0.1, 0.15) is 15.3 Å². The third kappa shape index (κ3) is 2.24. The van der Waals surface area contributed by atoms with Crippen molar-refractivity contribution in [3.05, 3.63) is 0 Å². The molecule has 1 atom stereocenters. The molecule has 0 aromatic heterocycles. The van der Waals surface area contributed by atoms with Gasteiger partial charge in [-0.25, -0.2) is 4.79 Å². The molecule has 10 heavy (non-hydrogen) atoms. The van der Waals surface area contributed by atoms with E-state index in [1.54, 1.807) is 0 Å². The van der Waals surface area contributed by atoms with Gasteiger partial charge in [0, 0.05) is 0 Å². The Hall–Kier alpha value is -0.133. The Kier molecular flexibility index (Phi) is 3.85. The van der Waals surface area contributed by atoms with Gasteiger partial charge in [-0.2, -0.15) is 0 Å². The van der Waals surface area contributed by atoms with Crippen LogP contribution in [-0.2, 0) is 4.74 Å². The number of hydrogen-bond donors (Lipinski definition) is 1. The average molecular weight is 137 g/mol. The Morgan fingerprint density at radius 1 is 1.80 bits per heavy atom. The molecule has 1 rings (SSSR count). The van der Waals surface area contributed by atoms with E-state index in [2.05, 4.69) is 23.9 Å².